The van der Waals surface area contributed by atoms with Crippen molar-refractivity contribution in [2.24, 2.45) is 5.10 Å². The molecule has 0 aliphatic carbocycles. The number of nitrogens with zero attached hydrogens (tertiary/aromatic N) is 4. The Bertz CT molecular complexity index is 1000. The van der Waals surface area contributed by atoms with E-state index in [2.05, 4.69) is 26.0 Å². The highest BCUT2D eigenvalue weighted by Gasteiger charge is 2.12. The number of nitrogen functional groups attached to an aromatic ring is 1. The number of ether oxygens (including phenoxy) is 1. The van der Waals surface area contributed by atoms with E-state index in [1.54, 1.807) is 24.3 Å². The molecule has 0 bridgehead atoms. The van der Waals surface area contributed by atoms with Crippen LogP contribution >= 0.6 is 11.8 Å². The molecular weight excluding hydrogens is 402 g/mol. The number of nitrogens with one attached hydrogen (secondary N) is 2. The first-order chi connectivity index (χ1) is 14.6. The highest BCUT2D eigenvalue weighted by atomic mass is 32.2. The van der Waals surface area contributed by atoms with E-state index in [9.17, 15) is 4.79 Å². The molecule has 0 aliphatic rings. The first kappa shape index (κ1) is 21.2. The van der Waals surface area contributed by atoms with Crippen LogP contribution in [0.1, 0.15) is 19.4 Å². The van der Waals surface area contributed by atoms with Crippen molar-refractivity contribution in [2.75, 3.05) is 28.9 Å². The SMILES string of the molecule is CCOc1ccc(NC(=O)CSc2nnc(N/N=C(\C)c3ccccc3)n2N)cc1. The van der Waals surface area contributed by atoms with Crippen LogP contribution < -0.4 is 21.3 Å². The van der Waals surface area contributed by atoms with E-state index in [-0.39, 0.29) is 17.6 Å². The van der Waals surface area contributed by atoms with Gasteiger partial charge in [-0.05, 0) is 43.7 Å². The third kappa shape index (κ3) is 5.74. The van der Waals surface area contributed by atoms with Gasteiger partial charge in [-0.15, -0.1) is 10.2 Å². The van der Waals surface area contributed by atoms with Crippen LogP contribution in [0.3, 0.4) is 0 Å². The zero-order valence-electron chi connectivity index (χ0n) is 16.7. The molecule has 0 atom stereocenters. The van der Waals surface area contributed by atoms with Gasteiger partial charge in [0.2, 0.25) is 11.1 Å². The lowest BCUT2D eigenvalue weighted by Crippen LogP contribution is -2.17. The summed E-state index contributed by atoms with van der Waals surface area (Å²) in [6.07, 6.45) is 0. The van der Waals surface area contributed by atoms with Gasteiger partial charge in [0.25, 0.3) is 5.95 Å². The van der Waals surface area contributed by atoms with Gasteiger partial charge in [-0.25, -0.2) is 10.1 Å². The van der Waals surface area contributed by atoms with Gasteiger partial charge in [0.05, 0.1) is 18.1 Å². The largest absolute Gasteiger partial charge is 0.494 e. The summed E-state index contributed by atoms with van der Waals surface area (Å²) in [5, 5.41) is 15.5. The van der Waals surface area contributed by atoms with Crippen molar-refractivity contribution in [1.82, 2.24) is 14.9 Å². The molecule has 0 saturated carbocycles. The van der Waals surface area contributed by atoms with Gasteiger partial charge in [-0.3, -0.25) is 4.79 Å². The molecule has 4 N–H and O–H groups in total. The van der Waals surface area contributed by atoms with Gasteiger partial charge in [0, 0.05) is 5.69 Å². The third-order valence-electron chi connectivity index (χ3n) is 3.96. The monoisotopic (exact) mass is 425 g/mol. The Kier molecular flexibility index (Phi) is 7.28. The Morgan fingerprint density at radius 3 is 2.60 bits per heavy atom. The van der Waals surface area contributed by atoms with Gasteiger partial charge in [0.15, 0.2) is 0 Å². The second kappa shape index (κ2) is 10.3. The average Bonchev–Trinajstić information content (AvgIpc) is 3.12. The van der Waals surface area contributed by atoms with Crippen LogP contribution in [0, 0.1) is 0 Å². The molecule has 1 heterocycles. The Morgan fingerprint density at radius 1 is 1.17 bits per heavy atom. The fourth-order valence-corrected chi connectivity index (χ4v) is 3.11. The van der Waals surface area contributed by atoms with E-state index in [1.807, 2.05) is 44.2 Å². The second-order valence-electron chi connectivity index (χ2n) is 6.15. The predicted octanol–water partition coefficient (Wildman–Crippen LogP) is 2.96. The second-order valence-corrected chi connectivity index (χ2v) is 7.09. The van der Waals surface area contributed by atoms with Gasteiger partial charge in [-0.2, -0.15) is 5.10 Å². The summed E-state index contributed by atoms with van der Waals surface area (Å²) in [7, 11) is 0. The molecule has 3 aromatic rings. The average molecular weight is 426 g/mol. The van der Waals surface area contributed by atoms with Gasteiger partial charge in [-0.1, -0.05) is 42.1 Å². The van der Waals surface area contributed by atoms with Crippen LogP contribution in [-0.4, -0.2) is 38.9 Å². The van der Waals surface area contributed by atoms with E-state index in [0.29, 0.717) is 17.5 Å². The van der Waals surface area contributed by atoms with Crippen LogP contribution in [0.15, 0.2) is 64.9 Å². The lowest BCUT2D eigenvalue weighted by atomic mass is 10.1. The van der Waals surface area contributed by atoms with Gasteiger partial charge < -0.3 is 15.9 Å². The molecule has 1 amide bonds. The van der Waals surface area contributed by atoms with E-state index >= 15 is 0 Å². The standard InChI is InChI=1S/C20H23N7O2S/c1-3-29-17-11-9-16(10-12-17)22-18(28)13-30-20-26-25-19(27(20)21)24-23-14(2)15-7-5-4-6-8-15/h4-12H,3,13,21H2,1-2H3,(H,22,28)(H,24,25)/b23-14+. The Hall–Kier alpha value is -3.53. The Morgan fingerprint density at radius 2 is 1.90 bits per heavy atom. The maximum absolute atomic E-state index is 12.2. The summed E-state index contributed by atoms with van der Waals surface area (Å²) in [5.74, 6) is 6.99. The quantitative estimate of drug-likeness (QED) is 0.209. The van der Waals surface area contributed by atoms with Gasteiger partial charge >= 0.3 is 0 Å². The highest BCUT2D eigenvalue weighted by molar-refractivity contribution is 7.99. The van der Waals surface area contributed by atoms with Gasteiger partial charge in [0.1, 0.15) is 5.75 Å². The van der Waals surface area contributed by atoms with Crippen molar-refractivity contribution in [3.05, 3.63) is 60.2 Å². The number of aromatic nitrogens is 3. The summed E-state index contributed by atoms with van der Waals surface area (Å²) in [4.78, 5) is 12.2. The molecule has 0 saturated heterocycles. The first-order valence-corrected chi connectivity index (χ1v) is 10.3. The zero-order valence-corrected chi connectivity index (χ0v) is 17.5. The number of nitrogens with two attached hydrogens (primary N) is 1. The molecule has 0 unspecified atom stereocenters. The number of hydrogen-bond donors (Lipinski definition) is 3. The number of thioether (sulfide) groups is 1. The highest BCUT2D eigenvalue weighted by Crippen LogP contribution is 2.19. The van der Waals surface area contributed by atoms with Crippen molar-refractivity contribution < 1.29 is 9.53 Å². The minimum Gasteiger partial charge on any atom is -0.494 e. The number of hydrazone groups is 1. The summed E-state index contributed by atoms with van der Waals surface area (Å²) < 4.78 is 6.64. The summed E-state index contributed by atoms with van der Waals surface area (Å²) in [6, 6.07) is 16.9. The molecule has 30 heavy (non-hydrogen) atoms. The van der Waals surface area contributed by atoms with Crippen LogP contribution in [-0.2, 0) is 4.79 Å². The molecule has 156 valence electrons. The van der Waals surface area contributed by atoms with E-state index in [0.717, 1.165) is 17.0 Å². The molecule has 1 aromatic heterocycles. The summed E-state index contributed by atoms with van der Waals surface area (Å²) in [6.45, 7) is 4.39. The molecular formula is C20H23N7O2S. The molecule has 10 heteroatoms. The number of hydrogen-bond acceptors (Lipinski definition) is 8. The van der Waals surface area contributed by atoms with Crippen molar-refractivity contribution in [2.45, 2.75) is 19.0 Å². The maximum atomic E-state index is 12.2. The fraction of sp³-hybridized carbons (Fsp3) is 0.200. The number of carbonyl (C=O) groups is 1. The predicted molar refractivity (Wildman–Crippen MR) is 119 cm³/mol. The minimum atomic E-state index is -0.181. The van der Waals surface area contributed by atoms with E-state index in [4.69, 9.17) is 10.6 Å². The van der Waals surface area contributed by atoms with Crippen molar-refractivity contribution in [3.8, 4) is 5.75 Å². The van der Waals surface area contributed by atoms with Crippen LogP contribution in [0.5, 0.6) is 5.75 Å². The summed E-state index contributed by atoms with van der Waals surface area (Å²) >= 11 is 1.18. The summed E-state index contributed by atoms with van der Waals surface area (Å²) in [5.41, 5.74) is 5.25. The van der Waals surface area contributed by atoms with Crippen LogP contribution in [0.2, 0.25) is 0 Å². The lowest BCUT2D eigenvalue weighted by molar-refractivity contribution is -0.113. The van der Waals surface area contributed by atoms with E-state index < -0.39 is 0 Å². The number of benzene rings is 2. The minimum absolute atomic E-state index is 0.134. The molecule has 0 aliphatic heterocycles. The normalized spacial score (nSPS) is 11.2. The smallest absolute Gasteiger partial charge is 0.264 e. The topological polar surface area (TPSA) is 119 Å². The molecule has 0 radical (unpaired) electrons. The fourth-order valence-electron chi connectivity index (χ4n) is 2.46. The Labute approximate surface area is 178 Å². The number of carbonyl (C=O) groups excluding carboxylic acids is 1. The molecule has 0 fully saturated rings. The van der Waals surface area contributed by atoms with E-state index in [1.165, 1.54) is 16.4 Å². The molecule has 2 aromatic carbocycles. The number of anilines is 2. The Balaban J connectivity index is 1.52. The first-order valence-electron chi connectivity index (χ1n) is 9.28. The molecule has 9 nitrogen and oxygen atoms in total. The number of rotatable bonds is 9. The number of amides is 1. The van der Waals surface area contributed by atoms with Crippen molar-refractivity contribution in [3.63, 3.8) is 0 Å². The maximum Gasteiger partial charge on any atom is 0.264 e. The van der Waals surface area contributed by atoms with Crippen molar-refractivity contribution >= 4 is 35.0 Å². The van der Waals surface area contributed by atoms with Crippen LogP contribution in [0.4, 0.5) is 11.6 Å². The molecule has 3 rings (SSSR count). The lowest BCUT2D eigenvalue weighted by Gasteiger charge is -2.07. The third-order valence-corrected chi connectivity index (χ3v) is 4.90. The zero-order chi connectivity index (χ0) is 21.3. The van der Waals surface area contributed by atoms with Crippen molar-refractivity contribution in [1.29, 1.82) is 0 Å². The van der Waals surface area contributed by atoms with Crippen LogP contribution in [0.25, 0.3) is 0 Å². The molecule has 0 spiro atoms.